The van der Waals surface area contributed by atoms with Gasteiger partial charge >= 0.3 is 0 Å². The summed E-state index contributed by atoms with van der Waals surface area (Å²) >= 11 is 0. The van der Waals surface area contributed by atoms with E-state index >= 15 is 0 Å². The Hall–Kier alpha value is -1.14. The SMILES string of the molecule is CC(CC(=O)N1CCN(CC(=O)NC2CC2)CC1)C1CCNCC1. The number of piperazine rings is 1. The van der Waals surface area contributed by atoms with E-state index in [9.17, 15) is 9.59 Å². The highest BCUT2D eigenvalue weighted by Gasteiger charge is 2.28. The second-order valence-electron chi connectivity index (χ2n) is 7.77. The molecule has 1 atom stereocenters. The van der Waals surface area contributed by atoms with Gasteiger partial charge in [0.2, 0.25) is 11.8 Å². The number of piperidine rings is 1. The van der Waals surface area contributed by atoms with Crippen molar-refractivity contribution in [2.75, 3.05) is 45.8 Å². The lowest BCUT2D eigenvalue weighted by Gasteiger charge is -2.36. The van der Waals surface area contributed by atoms with Gasteiger partial charge in [-0.2, -0.15) is 0 Å². The fraction of sp³-hybridized carbons (Fsp3) is 0.889. The van der Waals surface area contributed by atoms with E-state index < -0.39 is 0 Å². The molecule has 0 aromatic heterocycles. The first kappa shape index (κ1) is 17.7. The van der Waals surface area contributed by atoms with Crippen LogP contribution in [0.15, 0.2) is 0 Å². The molecule has 6 heteroatoms. The van der Waals surface area contributed by atoms with Crippen LogP contribution in [-0.2, 0) is 9.59 Å². The lowest BCUT2D eigenvalue weighted by atomic mass is 9.84. The zero-order valence-corrected chi connectivity index (χ0v) is 14.9. The molecule has 3 rings (SSSR count). The highest BCUT2D eigenvalue weighted by Crippen LogP contribution is 2.25. The molecular formula is C18H32N4O2. The summed E-state index contributed by atoms with van der Waals surface area (Å²) in [5, 5.41) is 6.42. The lowest BCUT2D eigenvalue weighted by Crippen LogP contribution is -2.51. The number of nitrogens with one attached hydrogen (secondary N) is 2. The van der Waals surface area contributed by atoms with Gasteiger partial charge in [-0.15, -0.1) is 0 Å². The summed E-state index contributed by atoms with van der Waals surface area (Å²) in [6.07, 6.45) is 5.32. The number of nitrogens with zero attached hydrogens (tertiary/aromatic N) is 2. The molecule has 136 valence electrons. The van der Waals surface area contributed by atoms with Crippen LogP contribution < -0.4 is 10.6 Å². The Kier molecular flexibility index (Phi) is 6.11. The largest absolute Gasteiger partial charge is 0.352 e. The molecule has 2 N–H and O–H groups in total. The van der Waals surface area contributed by atoms with E-state index in [1.807, 2.05) is 4.90 Å². The maximum Gasteiger partial charge on any atom is 0.234 e. The number of amides is 2. The molecule has 2 aliphatic heterocycles. The van der Waals surface area contributed by atoms with Crippen molar-refractivity contribution in [1.82, 2.24) is 20.4 Å². The average molecular weight is 336 g/mol. The molecule has 0 spiro atoms. The van der Waals surface area contributed by atoms with Crippen molar-refractivity contribution in [1.29, 1.82) is 0 Å². The Morgan fingerprint density at radius 2 is 1.75 bits per heavy atom. The second-order valence-corrected chi connectivity index (χ2v) is 7.77. The second kappa shape index (κ2) is 8.30. The predicted octanol–water partition coefficient (Wildman–Crippen LogP) is 0.435. The highest BCUT2D eigenvalue weighted by atomic mass is 16.2. The maximum atomic E-state index is 12.5. The van der Waals surface area contributed by atoms with Gasteiger partial charge in [-0.1, -0.05) is 6.92 Å². The van der Waals surface area contributed by atoms with E-state index in [1.165, 1.54) is 12.8 Å². The van der Waals surface area contributed by atoms with Crippen molar-refractivity contribution in [3.8, 4) is 0 Å². The maximum absolute atomic E-state index is 12.5. The van der Waals surface area contributed by atoms with Crippen LogP contribution in [0.5, 0.6) is 0 Å². The van der Waals surface area contributed by atoms with E-state index in [1.54, 1.807) is 0 Å². The molecule has 1 aliphatic carbocycles. The zero-order chi connectivity index (χ0) is 16.9. The van der Waals surface area contributed by atoms with E-state index in [0.29, 0.717) is 36.8 Å². The fourth-order valence-electron chi connectivity index (χ4n) is 3.84. The van der Waals surface area contributed by atoms with Crippen molar-refractivity contribution in [2.45, 2.75) is 45.1 Å². The van der Waals surface area contributed by atoms with Crippen molar-refractivity contribution < 1.29 is 9.59 Å². The summed E-state index contributed by atoms with van der Waals surface area (Å²) in [4.78, 5) is 28.6. The number of hydrogen-bond donors (Lipinski definition) is 2. The third-order valence-corrected chi connectivity index (χ3v) is 5.72. The van der Waals surface area contributed by atoms with Crippen molar-refractivity contribution in [3.05, 3.63) is 0 Å². The van der Waals surface area contributed by atoms with Gasteiger partial charge in [-0.25, -0.2) is 0 Å². The normalized spacial score (nSPS) is 24.6. The Balaban J connectivity index is 1.35. The van der Waals surface area contributed by atoms with Crippen molar-refractivity contribution in [3.63, 3.8) is 0 Å². The molecule has 0 aromatic rings. The zero-order valence-electron chi connectivity index (χ0n) is 14.9. The van der Waals surface area contributed by atoms with E-state index in [-0.39, 0.29) is 5.91 Å². The van der Waals surface area contributed by atoms with Crippen LogP contribution in [0.2, 0.25) is 0 Å². The Morgan fingerprint density at radius 3 is 2.38 bits per heavy atom. The van der Waals surface area contributed by atoms with Crippen molar-refractivity contribution in [2.24, 2.45) is 11.8 Å². The lowest BCUT2D eigenvalue weighted by molar-refractivity contribution is -0.134. The average Bonchev–Trinajstić information content (AvgIpc) is 3.40. The van der Waals surface area contributed by atoms with Gasteiger partial charge in [0, 0.05) is 38.6 Å². The summed E-state index contributed by atoms with van der Waals surface area (Å²) in [6.45, 7) is 8.02. The number of carbonyl (C=O) groups excluding carboxylic acids is 2. The summed E-state index contributed by atoms with van der Waals surface area (Å²) in [7, 11) is 0. The van der Waals surface area contributed by atoms with Crippen LogP contribution in [0.4, 0.5) is 0 Å². The van der Waals surface area contributed by atoms with Crippen LogP contribution in [0.25, 0.3) is 0 Å². The Labute approximate surface area is 145 Å². The molecule has 6 nitrogen and oxygen atoms in total. The van der Waals surface area contributed by atoms with E-state index in [0.717, 1.165) is 52.1 Å². The smallest absolute Gasteiger partial charge is 0.234 e. The summed E-state index contributed by atoms with van der Waals surface area (Å²) in [6, 6.07) is 0.428. The Morgan fingerprint density at radius 1 is 1.08 bits per heavy atom. The summed E-state index contributed by atoms with van der Waals surface area (Å²) in [5.74, 6) is 1.59. The van der Waals surface area contributed by atoms with Crippen LogP contribution >= 0.6 is 0 Å². The topological polar surface area (TPSA) is 64.7 Å². The van der Waals surface area contributed by atoms with Gasteiger partial charge < -0.3 is 15.5 Å². The molecule has 0 bridgehead atoms. The molecule has 0 aromatic carbocycles. The third-order valence-electron chi connectivity index (χ3n) is 5.72. The molecule has 2 amide bonds. The van der Waals surface area contributed by atoms with Gasteiger partial charge in [0.25, 0.3) is 0 Å². The highest BCUT2D eigenvalue weighted by molar-refractivity contribution is 5.79. The first-order chi connectivity index (χ1) is 11.6. The van der Waals surface area contributed by atoms with Crippen LogP contribution in [-0.4, -0.2) is 73.5 Å². The third kappa shape index (κ3) is 5.18. The molecular weight excluding hydrogens is 304 g/mol. The molecule has 24 heavy (non-hydrogen) atoms. The molecule has 3 aliphatic rings. The van der Waals surface area contributed by atoms with Crippen LogP contribution in [0, 0.1) is 11.8 Å². The summed E-state index contributed by atoms with van der Waals surface area (Å²) < 4.78 is 0. The van der Waals surface area contributed by atoms with Crippen LogP contribution in [0.1, 0.15) is 39.0 Å². The fourth-order valence-corrected chi connectivity index (χ4v) is 3.84. The molecule has 3 fully saturated rings. The van der Waals surface area contributed by atoms with Crippen LogP contribution in [0.3, 0.4) is 0 Å². The number of hydrogen-bond acceptors (Lipinski definition) is 4. The number of carbonyl (C=O) groups is 2. The van der Waals surface area contributed by atoms with Gasteiger partial charge in [0.1, 0.15) is 0 Å². The Bertz CT molecular complexity index is 438. The molecule has 1 unspecified atom stereocenters. The first-order valence-corrected chi connectivity index (χ1v) is 9.62. The minimum atomic E-state index is 0.136. The molecule has 2 saturated heterocycles. The minimum Gasteiger partial charge on any atom is -0.352 e. The van der Waals surface area contributed by atoms with E-state index in [4.69, 9.17) is 0 Å². The number of rotatable bonds is 6. The van der Waals surface area contributed by atoms with Gasteiger partial charge in [0.05, 0.1) is 6.54 Å². The van der Waals surface area contributed by atoms with Gasteiger partial charge in [-0.3, -0.25) is 14.5 Å². The standard InChI is InChI=1S/C18H32N4O2/c1-14(15-4-6-19-7-5-15)12-18(24)22-10-8-21(9-11-22)13-17(23)20-16-2-3-16/h14-16,19H,2-13H2,1H3,(H,20,23). The van der Waals surface area contributed by atoms with Gasteiger partial charge in [-0.05, 0) is 50.6 Å². The van der Waals surface area contributed by atoms with E-state index in [2.05, 4.69) is 22.5 Å². The molecule has 2 heterocycles. The predicted molar refractivity (Wildman–Crippen MR) is 93.6 cm³/mol. The molecule has 0 radical (unpaired) electrons. The minimum absolute atomic E-state index is 0.136. The quantitative estimate of drug-likeness (QED) is 0.739. The van der Waals surface area contributed by atoms with Crippen molar-refractivity contribution >= 4 is 11.8 Å². The monoisotopic (exact) mass is 336 g/mol. The molecule has 1 saturated carbocycles. The van der Waals surface area contributed by atoms with Gasteiger partial charge in [0.15, 0.2) is 0 Å². The summed E-state index contributed by atoms with van der Waals surface area (Å²) in [5.41, 5.74) is 0. The first-order valence-electron chi connectivity index (χ1n) is 9.62.